The van der Waals surface area contributed by atoms with Gasteiger partial charge in [-0.2, -0.15) is 0 Å². The van der Waals surface area contributed by atoms with Crippen LogP contribution in [-0.2, 0) is 0 Å². The molecule has 0 atom stereocenters. The van der Waals surface area contributed by atoms with Crippen LogP contribution >= 0.6 is 0 Å². The normalized spacial score (nSPS) is 14.3. The van der Waals surface area contributed by atoms with Crippen molar-refractivity contribution < 1.29 is 14.3 Å². The van der Waals surface area contributed by atoms with Crippen LogP contribution in [0.4, 0.5) is 16.4 Å². The summed E-state index contributed by atoms with van der Waals surface area (Å²) in [4.78, 5) is 25.4. The van der Waals surface area contributed by atoms with E-state index in [0.717, 1.165) is 45.1 Å². The maximum Gasteiger partial charge on any atom is 0.319 e. The molecule has 1 aromatic heterocycles. The van der Waals surface area contributed by atoms with Crippen LogP contribution in [-0.4, -0.2) is 73.9 Å². The summed E-state index contributed by atoms with van der Waals surface area (Å²) < 4.78 is 10.8. The molecule has 0 aliphatic carbocycles. The van der Waals surface area contributed by atoms with Crippen molar-refractivity contribution >= 4 is 17.7 Å². The molecule has 1 saturated heterocycles. The predicted molar refractivity (Wildman–Crippen MR) is 116 cm³/mol. The molecular formula is C21H30N6O3. The summed E-state index contributed by atoms with van der Waals surface area (Å²) in [6, 6.07) is 6.93. The van der Waals surface area contributed by atoms with Gasteiger partial charge in [-0.15, -0.1) is 0 Å². The molecule has 0 radical (unpaired) electrons. The number of amides is 2. The van der Waals surface area contributed by atoms with Gasteiger partial charge in [0.05, 0.1) is 13.7 Å². The maximum absolute atomic E-state index is 12.2. The number of anilines is 2. The topological polar surface area (TPSA) is 91.9 Å². The summed E-state index contributed by atoms with van der Waals surface area (Å²) in [6.45, 7) is 7.76. The Morgan fingerprint density at radius 3 is 2.60 bits per heavy atom. The van der Waals surface area contributed by atoms with E-state index in [-0.39, 0.29) is 6.03 Å². The number of urea groups is 1. The first-order valence-corrected chi connectivity index (χ1v) is 10.3. The van der Waals surface area contributed by atoms with Crippen molar-refractivity contribution in [3.8, 4) is 11.5 Å². The van der Waals surface area contributed by atoms with Crippen molar-refractivity contribution in [1.82, 2.24) is 20.2 Å². The molecule has 0 unspecified atom stereocenters. The Labute approximate surface area is 177 Å². The highest BCUT2D eigenvalue weighted by Crippen LogP contribution is 2.30. The van der Waals surface area contributed by atoms with E-state index in [0.29, 0.717) is 30.3 Å². The lowest BCUT2D eigenvalue weighted by Gasteiger charge is -2.34. The molecule has 0 spiro atoms. The molecule has 3 rings (SSSR count). The Balaban J connectivity index is 1.34. The van der Waals surface area contributed by atoms with Gasteiger partial charge in [0.25, 0.3) is 0 Å². The molecule has 30 heavy (non-hydrogen) atoms. The Morgan fingerprint density at radius 1 is 1.13 bits per heavy atom. The number of rotatable bonds is 9. The van der Waals surface area contributed by atoms with Crippen LogP contribution in [0.5, 0.6) is 11.5 Å². The second-order valence-corrected chi connectivity index (χ2v) is 6.91. The molecular weight excluding hydrogens is 384 g/mol. The van der Waals surface area contributed by atoms with Crippen LogP contribution in [0.1, 0.15) is 13.3 Å². The minimum Gasteiger partial charge on any atom is -0.493 e. The fourth-order valence-corrected chi connectivity index (χ4v) is 3.33. The number of carbonyl (C=O) groups is 1. The molecule has 1 fully saturated rings. The summed E-state index contributed by atoms with van der Waals surface area (Å²) in [5, 5.41) is 5.74. The van der Waals surface area contributed by atoms with E-state index in [9.17, 15) is 4.79 Å². The fraction of sp³-hybridized carbons (Fsp3) is 0.476. The third kappa shape index (κ3) is 6.21. The van der Waals surface area contributed by atoms with E-state index >= 15 is 0 Å². The molecule has 0 bridgehead atoms. The van der Waals surface area contributed by atoms with Gasteiger partial charge in [-0.25, -0.2) is 14.8 Å². The summed E-state index contributed by atoms with van der Waals surface area (Å²) in [7, 11) is 1.59. The van der Waals surface area contributed by atoms with Gasteiger partial charge in [0, 0.05) is 56.9 Å². The smallest absolute Gasteiger partial charge is 0.319 e. The number of ether oxygens (including phenoxy) is 2. The average Bonchev–Trinajstić information content (AvgIpc) is 2.78. The zero-order valence-corrected chi connectivity index (χ0v) is 17.6. The Bertz CT molecular complexity index is 797. The number of nitrogens with zero attached hydrogens (tertiary/aromatic N) is 4. The van der Waals surface area contributed by atoms with Crippen LogP contribution in [0.3, 0.4) is 0 Å². The second kappa shape index (κ2) is 11.2. The minimum absolute atomic E-state index is 0.228. The van der Waals surface area contributed by atoms with Gasteiger partial charge in [-0.1, -0.05) is 0 Å². The van der Waals surface area contributed by atoms with Crippen LogP contribution < -0.4 is 25.0 Å². The zero-order valence-electron chi connectivity index (χ0n) is 17.6. The molecule has 1 aliphatic heterocycles. The van der Waals surface area contributed by atoms with Crippen molar-refractivity contribution in [1.29, 1.82) is 0 Å². The molecule has 2 aromatic rings. The number of hydrogen-bond donors (Lipinski definition) is 2. The van der Waals surface area contributed by atoms with Crippen LogP contribution in [0.15, 0.2) is 36.7 Å². The summed E-state index contributed by atoms with van der Waals surface area (Å²) in [6.07, 6.45) is 4.44. The summed E-state index contributed by atoms with van der Waals surface area (Å²) in [5.74, 6) is 2.04. The average molecular weight is 415 g/mol. The molecule has 1 aromatic carbocycles. The number of benzene rings is 1. The van der Waals surface area contributed by atoms with Gasteiger partial charge >= 0.3 is 6.03 Å². The molecule has 2 N–H and O–H groups in total. The molecule has 9 nitrogen and oxygen atoms in total. The monoisotopic (exact) mass is 414 g/mol. The molecule has 1 aliphatic rings. The Morgan fingerprint density at radius 2 is 1.90 bits per heavy atom. The largest absolute Gasteiger partial charge is 0.493 e. The van der Waals surface area contributed by atoms with E-state index < -0.39 is 0 Å². The second-order valence-electron chi connectivity index (χ2n) is 6.91. The summed E-state index contributed by atoms with van der Waals surface area (Å²) in [5.41, 5.74) is 0.663. The van der Waals surface area contributed by atoms with Crippen LogP contribution in [0, 0.1) is 0 Å². The van der Waals surface area contributed by atoms with Crippen molar-refractivity contribution in [2.75, 3.05) is 63.2 Å². The third-order valence-corrected chi connectivity index (χ3v) is 4.87. The Hall–Kier alpha value is -3.07. The maximum atomic E-state index is 12.2. The highest BCUT2D eigenvalue weighted by atomic mass is 16.5. The number of carbonyl (C=O) groups excluding carboxylic acids is 1. The van der Waals surface area contributed by atoms with Crippen molar-refractivity contribution in [2.24, 2.45) is 0 Å². The lowest BCUT2D eigenvalue weighted by molar-refractivity contribution is 0.244. The predicted octanol–water partition coefficient (Wildman–Crippen LogP) is 2.22. The van der Waals surface area contributed by atoms with Gasteiger partial charge in [-0.3, -0.25) is 4.90 Å². The number of aromatic nitrogens is 2. The van der Waals surface area contributed by atoms with Gasteiger partial charge in [0.15, 0.2) is 11.5 Å². The van der Waals surface area contributed by atoms with E-state index in [1.807, 2.05) is 13.0 Å². The van der Waals surface area contributed by atoms with Crippen molar-refractivity contribution in [3.05, 3.63) is 36.7 Å². The molecule has 0 saturated carbocycles. The third-order valence-electron chi connectivity index (χ3n) is 4.87. The standard InChI is InChI=1S/C21H30N6O3/c1-3-30-19-16-17(6-7-18(19)29-2)25-21(28)24-10-5-11-26-12-14-27(15-13-26)20-22-8-4-9-23-20/h4,6-9,16H,3,5,10-15H2,1-2H3,(H2,24,25,28). The van der Waals surface area contributed by atoms with E-state index in [2.05, 4.69) is 30.4 Å². The lowest BCUT2D eigenvalue weighted by atomic mass is 10.2. The minimum atomic E-state index is -0.228. The van der Waals surface area contributed by atoms with Gasteiger partial charge in [-0.05, 0) is 38.1 Å². The number of piperazine rings is 1. The highest BCUT2D eigenvalue weighted by Gasteiger charge is 2.18. The molecule has 9 heteroatoms. The first-order valence-electron chi connectivity index (χ1n) is 10.3. The fourth-order valence-electron chi connectivity index (χ4n) is 3.33. The Kier molecular flexibility index (Phi) is 8.08. The van der Waals surface area contributed by atoms with Crippen molar-refractivity contribution in [2.45, 2.75) is 13.3 Å². The van der Waals surface area contributed by atoms with E-state index in [1.54, 1.807) is 37.7 Å². The first-order chi connectivity index (χ1) is 14.7. The zero-order chi connectivity index (χ0) is 21.2. The van der Waals surface area contributed by atoms with Gasteiger partial charge < -0.3 is 25.0 Å². The van der Waals surface area contributed by atoms with Crippen molar-refractivity contribution in [3.63, 3.8) is 0 Å². The molecule has 2 heterocycles. The highest BCUT2D eigenvalue weighted by molar-refractivity contribution is 5.89. The quantitative estimate of drug-likeness (QED) is 0.608. The van der Waals surface area contributed by atoms with Crippen LogP contribution in [0.25, 0.3) is 0 Å². The van der Waals surface area contributed by atoms with E-state index in [1.165, 1.54) is 0 Å². The first kappa shape index (κ1) is 21.6. The van der Waals surface area contributed by atoms with Gasteiger partial charge in [0.2, 0.25) is 5.95 Å². The number of hydrogen-bond acceptors (Lipinski definition) is 7. The number of nitrogens with one attached hydrogen (secondary N) is 2. The van der Waals surface area contributed by atoms with Crippen LogP contribution in [0.2, 0.25) is 0 Å². The summed E-state index contributed by atoms with van der Waals surface area (Å²) >= 11 is 0. The number of methoxy groups -OCH3 is 1. The van der Waals surface area contributed by atoms with E-state index in [4.69, 9.17) is 9.47 Å². The van der Waals surface area contributed by atoms with Gasteiger partial charge in [0.1, 0.15) is 0 Å². The molecule has 162 valence electrons. The molecule has 2 amide bonds. The SMILES string of the molecule is CCOc1cc(NC(=O)NCCCN2CCN(c3ncccn3)CC2)ccc1OC. The lowest BCUT2D eigenvalue weighted by Crippen LogP contribution is -2.47.